The first kappa shape index (κ1) is 15.4. The molecule has 102 valence electrons. The molecule has 0 bridgehead atoms. The van der Waals surface area contributed by atoms with E-state index in [2.05, 4.69) is 0 Å². The maximum absolute atomic E-state index is 13.5. The number of sulfone groups is 1. The zero-order chi connectivity index (χ0) is 13.8. The maximum Gasteiger partial charge on any atom is 0.150 e. The molecular weight excluding hydrogens is 277 g/mol. The third-order valence-electron chi connectivity index (χ3n) is 2.77. The summed E-state index contributed by atoms with van der Waals surface area (Å²) in [5.41, 5.74) is 6.21. The van der Waals surface area contributed by atoms with Crippen molar-refractivity contribution in [3.63, 3.8) is 0 Å². The molecule has 3 nitrogen and oxygen atoms in total. The van der Waals surface area contributed by atoms with Crippen LogP contribution in [-0.4, -0.2) is 19.9 Å². The molecule has 1 rings (SSSR count). The van der Waals surface area contributed by atoms with Crippen molar-refractivity contribution in [3.05, 3.63) is 34.6 Å². The summed E-state index contributed by atoms with van der Waals surface area (Å²) in [4.78, 5) is 0. The third kappa shape index (κ3) is 4.55. The topological polar surface area (TPSA) is 60.2 Å². The van der Waals surface area contributed by atoms with Crippen molar-refractivity contribution in [2.75, 3.05) is 11.5 Å². The lowest BCUT2D eigenvalue weighted by molar-refractivity contribution is 0.554. The molecule has 0 saturated carbocycles. The molecule has 1 unspecified atom stereocenters. The molecule has 0 saturated heterocycles. The molecule has 1 aromatic carbocycles. The standard InChI is InChI=1S/C12H17ClFNO2S/c1-2-18(16,17)7-3-4-12(15)10-6-5-9(13)8-11(10)14/h5-6,8,12H,2-4,7,15H2,1H3. The zero-order valence-electron chi connectivity index (χ0n) is 10.2. The van der Waals surface area contributed by atoms with Crippen LogP contribution in [0.2, 0.25) is 5.02 Å². The average Bonchev–Trinajstić information content (AvgIpc) is 2.28. The monoisotopic (exact) mass is 293 g/mol. The minimum Gasteiger partial charge on any atom is -0.324 e. The number of nitrogens with two attached hydrogens (primary N) is 1. The van der Waals surface area contributed by atoms with E-state index in [1.54, 1.807) is 13.0 Å². The fourth-order valence-electron chi connectivity index (χ4n) is 1.63. The number of rotatable bonds is 6. The van der Waals surface area contributed by atoms with Crippen molar-refractivity contribution >= 4 is 21.4 Å². The summed E-state index contributed by atoms with van der Waals surface area (Å²) >= 11 is 5.64. The molecule has 18 heavy (non-hydrogen) atoms. The summed E-state index contributed by atoms with van der Waals surface area (Å²) in [6, 6.07) is 3.81. The zero-order valence-corrected chi connectivity index (χ0v) is 11.8. The molecule has 0 aliphatic rings. The van der Waals surface area contributed by atoms with Crippen molar-refractivity contribution in [1.82, 2.24) is 0 Å². The van der Waals surface area contributed by atoms with E-state index < -0.39 is 21.7 Å². The first-order valence-electron chi connectivity index (χ1n) is 5.76. The van der Waals surface area contributed by atoms with Crippen molar-refractivity contribution in [2.45, 2.75) is 25.8 Å². The number of halogens is 2. The van der Waals surface area contributed by atoms with Crippen LogP contribution in [0.25, 0.3) is 0 Å². The van der Waals surface area contributed by atoms with E-state index in [0.29, 0.717) is 23.4 Å². The maximum atomic E-state index is 13.5. The second-order valence-electron chi connectivity index (χ2n) is 4.15. The van der Waals surface area contributed by atoms with Gasteiger partial charge in [0, 0.05) is 22.4 Å². The van der Waals surface area contributed by atoms with Crippen molar-refractivity contribution in [1.29, 1.82) is 0 Å². The van der Waals surface area contributed by atoms with Gasteiger partial charge in [-0.3, -0.25) is 0 Å². The summed E-state index contributed by atoms with van der Waals surface area (Å²) in [5, 5.41) is 0.317. The van der Waals surface area contributed by atoms with Gasteiger partial charge in [0.2, 0.25) is 0 Å². The van der Waals surface area contributed by atoms with Crippen molar-refractivity contribution in [2.24, 2.45) is 5.73 Å². The Bertz CT molecular complexity index is 505. The molecule has 6 heteroatoms. The quantitative estimate of drug-likeness (QED) is 0.877. The van der Waals surface area contributed by atoms with E-state index in [4.69, 9.17) is 17.3 Å². The van der Waals surface area contributed by atoms with E-state index >= 15 is 0 Å². The first-order valence-corrected chi connectivity index (χ1v) is 7.96. The molecule has 0 amide bonds. The lowest BCUT2D eigenvalue weighted by atomic mass is 10.0. The normalized spacial score (nSPS) is 13.6. The van der Waals surface area contributed by atoms with Crippen molar-refractivity contribution in [3.8, 4) is 0 Å². The predicted octanol–water partition coefficient (Wildman–Crippen LogP) is 2.69. The SMILES string of the molecule is CCS(=O)(=O)CCCC(N)c1ccc(Cl)cc1F. The fraction of sp³-hybridized carbons (Fsp3) is 0.500. The van der Waals surface area contributed by atoms with Crippen molar-refractivity contribution < 1.29 is 12.8 Å². The molecule has 0 heterocycles. The van der Waals surface area contributed by atoms with Gasteiger partial charge in [-0.1, -0.05) is 24.6 Å². The van der Waals surface area contributed by atoms with Gasteiger partial charge in [0.1, 0.15) is 15.7 Å². The highest BCUT2D eigenvalue weighted by Crippen LogP contribution is 2.22. The molecule has 0 aliphatic heterocycles. The lowest BCUT2D eigenvalue weighted by Gasteiger charge is -2.13. The fourth-order valence-corrected chi connectivity index (χ4v) is 2.68. The van der Waals surface area contributed by atoms with Crippen LogP contribution in [0.1, 0.15) is 31.4 Å². The van der Waals surface area contributed by atoms with Gasteiger partial charge in [-0.05, 0) is 25.0 Å². The van der Waals surface area contributed by atoms with Gasteiger partial charge in [0.05, 0.1) is 5.75 Å². The van der Waals surface area contributed by atoms with Gasteiger partial charge < -0.3 is 5.73 Å². The number of hydrogen-bond donors (Lipinski definition) is 1. The highest BCUT2D eigenvalue weighted by Gasteiger charge is 2.13. The van der Waals surface area contributed by atoms with Crippen LogP contribution in [0.5, 0.6) is 0 Å². The first-order chi connectivity index (χ1) is 8.35. The molecule has 1 aromatic rings. The molecule has 0 fully saturated rings. The van der Waals surface area contributed by atoms with Crippen LogP contribution < -0.4 is 5.73 Å². The third-order valence-corrected chi connectivity index (χ3v) is 4.80. The van der Waals surface area contributed by atoms with Crippen LogP contribution in [0.15, 0.2) is 18.2 Å². The van der Waals surface area contributed by atoms with Gasteiger partial charge in [-0.15, -0.1) is 0 Å². The predicted molar refractivity (Wildman–Crippen MR) is 71.9 cm³/mol. The molecule has 0 radical (unpaired) electrons. The Morgan fingerprint density at radius 3 is 2.67 bits per heavy atom. The van der Waals surface area contributed by atoms with Gasteiger partial charge in [0.25, 0.3) is 0 Å². The number of hydrogen-bond acceptors (Lipinski definition) is 3. The Kier molecular flexibility index (Phi) is 5.56. The van der Waals surface area contributed by atoms with E-state index in [1.807, 2.05) is 0 Å². The Labute approximate surface area is 112 Å². The summed E-state index contributed by atoms with van der Waals surface area (Å²) in [7, 11) is -2.98. The summed E-state index contributed by atoms with van der Waals surface area (Å²) in [6.45, 7) is 1.61. The Morgan fingerprint density at radius 2 is 2.11 bits per heavy atom. The van der Waals surface area contributed by atoms with Gasteiger partial charge in [-0.25, -0.2) is 12.8 Å². The van der Waals surface area contributed by atoms with Crippen LogP contribution in [0.4, 0.5) is 4.39 Å². The van der Waals surface area contributed by atoms with E-state index in [9.17, 15) is 12.8 Å². The molecular formula is C12H17ClFNO2S. The highest BCUT2D eigenvalue weighted by molar-refractivity contribution is 7.91. The summed E-state index contributed by atoms with van der Waals surface area (Å²) in [5.74, 6) is -0.238. The van der Waals surface area contributed by atoms with Crippen LogP contribution in [0, 0.1) is 5.82 Å². The molecule has 0 aromatic heterocycles. The van der Waals surface area contributed by atoms with Gasteiger partial charge in [-0.2, -0.15) is 0 Å². The second-order valence-corrected chi connectivity index (χ2v) is 7.06. The van der Waals surface area contributed by atoms with Crippen LogP contribution in [-0.2, 0) is 9.84 Å². The average molecular weight is 294 g/mol. The summed E-state index contributed by atoms with van der Waals surface area (Å²) < 4.78 is 36.1. The van der Waals surface area contributed by atoms with E-state index in [0.717, 1.165) is 0 Å². The molecule has 2 N–H and O–H groups in total. The highest BCUT2D eigenvalue weighted by atomic mass is 35.5. The van der Waals surface area contributed by atoms with Crippen LogP contribution in [0.3, 0.4) is 0 Å². The number of benzene rings is 1. The summed E-state index contributed by atoms with van der Waals surface area (Å²) in [6.07, 6.45) is 0.858. The smallest absolute Gasteiger partial charge is 0.150 e. The largest absolute Gasteiger partial charge is 0.324 e. The minimum atomic E-state index is -2.98. The Balaban J connectivity index is 2.58. The molecule has 0 aliphatic carbocycles. The minimum absolute atomic E-state index is 0.0897. The Morgan fingerprint density at radius 1 is 1.44 bits per heavy atom. The van der Waals surface area contributed by atoms with Gasteiger partial charge in [0.15, 0.2) is 0 Å². The lowest BCUT2D eigenvalue weighted by Crippen LogP contribution is -2.15. The molecule has 0 spiro atoms. The van der Waals surface area contributed by atoms with E-state index in [-0.39, 0.29) is 11.5 Å². The van der Waals surface area contributed by atoms with E-state index in [1.165, 1.54) is 12.1 Å². The Hall–Kier alpha value is -0.650. The second kappa shape index (κ2) is 6.50. The van der Waals surface area contributed by atoms with Gasteiger partial charge >= 0.3 is 0 Å². The van der Waals surface area contributed by atoms with Crippen LogP contribution >= 0.6 is 11.6 Å². The molecule has 1 atom stereocenters.